The number of nitrogens with zero attached hydrogens (tertiary/aromatic N) is 3. The first-order valence-corrected chi connectivity index (χ1v) is 12.3. The first kappa shape index (κ1) is 23.8. The predicted molar refractivity (Wildman–Crippen MR) is 146 cm³/mol. The number of nitrogens with one attached hydrogen (secondary N) is 1. The summed E-state index contributed by atoms with van der Waals surface area (Å²) >= 11 is 5.89. The van der Waals surface area contributed by atoms with Crippen LogP contribution in [0.25, 0.3) is 5.69 Å². The first-order valence-electron chi connectivity index (χ1n) is 11.9. The molecule has 1 aliphatic rings. The Balaban J connectivity index is 1.66. The van der Waals surface area contributed by atoms with E-state index >= 15 is 0 Å². The molecule has 0 saturated carbocycles. The molecule has 3 heterocycles. The van der Waals surface area contributed by atoms with E-state index in [2.05, 4.69) is 71.7 Å². The standard InChI is InChI=1S/C29H28N4O2S/c1-17-8-11-23(15-18(17)2)33-27(26(31-29(33)36)25-7-5-6-14-30-25)24-16-19(3)32(20(24)4)22-12-9-21(10-13-22)28(34)35/h5-16,26-27H,1-4H3,(H,31,36)(H,34,35)/t26-,27-/m1/s1. The van der Waals surface area contributed by atoms with Gasteiger partial charge in [0.2, 0.25) is 0 Å². The number of aryl methyl sites for hydroxylation is 3. The van der Waals surface area contributed by atoms with Crippen molar-refractivity contribution in [1.29, 1.82) is 0 Å². The number of aromatic carboxylic acids is 1. The van der Waals surface area contributed by atoms with Crippen LogP contribution in [0.5, 0.6) is 0 Å². The van der Waals surface area contributed by atoms with Gasteiger partial charge in [0, 0.05) is 29.0 Å². The molecule has 1 saturated heterocycles. The number of benzene rings is 2. The second kappa shape index (κ2) is 9.24. The molecule has 0 bridgehead atoms. The summed E-state index contributed by atoms with van der Waals surface area (Å²) in [5.74, 6) is -0.934. The van der Waals surface area contributed by atoms with Crippen LogP contribution in [-0.4, -0.2) is 25.7 Å². The zero-order valence-electron chi connectivity index (χ0n) is 20.7. The third kappa shape index (κ3) is 4.05. The van der Waals surface area contributed by atoms with Crippen molar-refractivity contribution >= 4 is 29.0 Å². The zero-order valence-corrected chi connectivity index (χ0v) is 21.5. The Morgan fingerprint density at radius 3 is 2.31 bits per heavy atom. The summed E-state index contributed by atoms with van der Waals surface area (Å²) < 4.78 is 2.16. The summed E-state index contributed by atoms with van der Waals surface area (Å²) in [6, 6.07) is 21.3. The van der Waals surface area contributed by atoms with Crippen molar-refractivity contribution in [3.05, 3.63) is 112 Å². The summed E-state index contributed by atoms with van der Waals surface area (Å²) in [5, 5.41) is 13.5. The normalized spacial score (nSPS) is 17.3. The predicted octanol–water partition coefficient (Wildman–Crippen LogP) is 5.98. The van der Waals surface area contributed by atoms with Gasteiger partial charge in [0.05, 0.1) is 23.3 Å². The highest BCUT2D eigenvalue weighted by atomic mass is 32.1. The van der Waals surface area contributed by atoms with Crippen LogP contribution in [0.3, 0.4) is 0 Å². The van der Waals surface area contributed by atoms with E-state index in [1.807, 2.05) is 36.5 Å². The zero-order chi connectivity index (χ0) is 25.6. The van der Waals surface area contributed by atoms with Gasteiger partial charge in [-0.25, -0.2) is 4.79 Å². The second-order valence-corrected chi connectivity index (χ2v) is 9.67. The lowest BCUT2D eigenvalue weighted by Crippen LogP contribution is -2.29. The number of thiocarbonyl (C=S) groups is 1. The largest absolute Gasteiger partial charge is 0.478 e. The van der Waals surface area contributed by atoms with Crippen LogP contribution in [0.4, 0.5) is 5.69 Å². The lowest BCUT2D eigenvalue weighted by atomic mass is 9.96. The number of carboxylic acid groups (broad SMARTS) is 1. The van der Waals surface area contributed by atoms with Crippen molar-refractivity contribution in [3.63, 3.8) is 0 Å². The Kier molecular flexibility index (Phi) is 6.10. The molecule has 0 aliphatic carbocycles. The Bertz CT molecular complexity index is 1460. The van der Waals surface area contributed by atoms with Crippen LogP contribution >= 0.6 is 12.2 Å². The van der Waals surface area contributed by atoms with Gasteiger partial charge in [-0.15, -0.1) is 0 Å². The van der Waals surface area contributed by atoms with Crippen LogP contribution in [0.1, 0.15) is 56.2 Å². The van der Waals surface area contributed by atoms with E-state index in [1.54, 1.807) is 12.1 Å². The van der Waals surface area contributed by atoms with Crippen molar-refractivity contribution in [3.8, 4) is 5.69 Å². The summed E-state index contributed by atoms with van der Waals surface area (Å²) in [6.07, 6.45) is 1.81. The Labute approximate surface area is 216 Å². The summed E-state index contributed by atoms with van der Waals surface area (Å²) in [4.78, 5) is 18.2. The van der Waals surface area contributed by atoms with Crippen LogP contribution in [0.15, 0.2) is 72.9 Å². The molecule has 2 aromatic heterocycles. The number of pyridine rings is 1. The van der Waals surface area contributed by atoms with Gasteiger partial charge < -0.3 is 19.9 Å². The minimum atomic E-state index is -0.934. The van der Waals surface area contributed by atoms with Crippen molar-refractivity contribution < 1.29 is 9.90 Å². The molecule has 1 aliphatic heterocycles. The van der Waals surface area contributed by atoms with Gasteiger partial charge in [-0.3, -0.25) is 4.98 Å². The highest BCUT2D eigenvalue weighted by molar-refractivity contribution is 7.80. The molecule has 5 rings (SSSR count). The van der Waals surface area contributed by atoms with Gasteiger partial charge in [-0.2, -0.15) is 0 Å². The number of carboxylic acids is 1. The van der Waals surface area contributed by atoms with E-state index in [4.69, 9.17) is 12.2 Å². The molecule has 2 atom stereocenters. The van der Waals surface area contributed by atoms with Crippen LogP contribution in [0, 0.1) is 27.7 Å². The van der Waals surface area contributed by atoms with E-state index in [9.17, 15) is 9.90 Å². The first-order chi connectivity index (χ1) is 17.3. The van der Waals surface area contributed by atoms with Crippen LogP contribution in [-0.2, 0) is 0 Å². The highest BCUT2D eigenvalue weighted by Crippen LogP contribution is 2.44. The van der Waals surface area contributed by atoms with Crippen LogP contribution < -0.4 is 10.2 Å². The van der Waals surface area contributed by atoms with E-state index < -0.39 is 5.97 Å². The summed E-state index contributed by atoms with van der Waals surface area (Å²) in [5.41, 5.74) is 8.85. The summed E-state index contributed by atoms with van der Waals surface area (Å²) in [7, 11) is 0. The number of carbonyl (C=O) groups is 1. The molecular formula is C29H28N4O2S. The fourth-order valence-electron chi connectivity index (χ4n) is 5.06. The molecule has 0 amide bonds. The minimum Gasteiger partial charge on any atom is -0.478 e. The molecule has 2 N–H and O–H groups in total. The van der Waals surface area contributed by atoms with Crippen molar-refractivity contribution in [1.82, 2.24) is 14.9 Å². The minimum absolute atomic E-state index is 0.118. The third-order valence-electron chi connectivity index (χ3n) is 7.03. The lowest BCUT2D eigenvalue weighted by Gasteiger charge is -2.28. The Morgan fingerprint density at radius 1 is 0.944 bits per heavy atom. The highest BCUT2D eigenvalue weighted by Gasteiger charge is 2.42. The molecule has 182 valence electrons. The SMILES string of the molecule is Cc1ccc(N2C(=S)N[C@H](c3ccccn3)[C@H]2c2cc(C)n(-c3ccc(C(=O)O)cc3)c2C)cc1C. The second-order valence-electron chi connectivity index (χ2n) is 9.28. The molecule has 0 unspecified atom stereocenters. The molecule has 2 aromatic carbocycles. The number of anilines is 1. The quantitative estimate of drug-likeness (QED) is 0.331. The van der Waals surface area contributed by atoms with Crippen LogP contribution in [0.2, 0.25) is 0 Å². The lowest BCUT2D eigenvalue weighted by molar-refractivity contribution is 0.0697. The maximum absolute atomic E-state index is 11.3. The maximum Gasteiger partial charge on any atom is 0.335 e. The Morgan fingerprint density at radius 2 is 1.67 bits per heavy atom. The van der Waals surface area contributed by atoms with Gasteiger partial charge in [0.1, 0.15) is 0 Å². The topological polar surface area (TPSA) is 70.4 Å². The molecule has 4 aromatic rings. The smallest absolute Gasteiger partial charge is 0.335 e. The number of hydrogen-bond acceptors (Lipinski definition) is 3. The average molecular weight is 497 g/mol. The average Bonchev–Trinajstić information content (AvgIpc) is 3.36. The molecule has 1 fully saturated rings. The monoisotopic (exact) mass is 496 g/mol. The molecular weight excluding hydrogens is 468 g/mol. The molecule has 0 radical (unpaired) electrons. The van der Waals surface area contributed by atoms with E-state index in [-0.39, 0.29) is 17.6 Å². The van der Waals surface area contributed by atoms with Gasteiger partial charge in [-0.1, -0.05) is 12.1 Å². The van der Waals surface area contributed by atoms with Gasteiger partial charge in [0.15, 0.2) is 5.11 Å². The van der Waals surface area contributed by atoms with E-state index in [1.165, 1.54) is 11.1 Å². The third-order valence-corrected chi connectivity index (χ3v) is 7.34. The Hall–Kier alpha value is -3.97. The van der Waals surface area contributed by atoms with Crippen molar-refractivity contribution in [2.45, 2.75) is 39.8 Å². The molecule has 36 heavy (non-hydrogen) atoms. The van der Waals surface area contributed by atoms with Gasteiger partial charge in [-0.05, 0) is 111 Å². The number of aromatic nitrogens is 2. The number of rotatable bonds is 5. The molecule has 7 heteroatoms. The molecule has 6 nitrogen and oxygen atoms in total. The van der Waals surface area contributed by atoms with Crippen molar-refractivity contribution in [2.24, 2.45) is 0 Å². The van der Waals surface area contributed by atoms with E-state index in [0.29, 0.717) is 5.11 Å². The maximum atomic E-state index is 11.3. The van der Waals surface area contributed by atoms with E-state index in [0.717, 1.165) is 34.0 Å². The number of hydrogen-bond donors (Lipinski definition) is 2. The van der Waals surface area contributed by atoms with Gasteiger partial charge in [0.25, 0.3) is 0 Å². The van der Waals surface area contributed by atoms with Crippen molar-refractivity contribution in [2.75, 3.05) is 4.90 Å². The fraction of sp³-hybridized carbons (Fsp3) is 0.207. The summed E-state index contributed by atoms with van der Waals surface area (Å²) in [6.45, 7) is 8.39. The van der Waals surface area contributed by atoms with Gasteiger partial charge >= 0.3 is 5.97 Å². The molecule has 0 spiro atoms. The fourth-order valence-corrected chi connectivity index (χ4v) is 5.41.